The third-order valence-corrected chi connectivity index (χ3v) is 7.70. The summed E-state index contributed by atoms with van der Waals surface area (Å²) in [6, 6.07) is 14.7. The maximum Gasteiger partial charge on any atom is 0.266 e. The van der Waals surface area contributed by atoms with Crippen LogP contribution in [0.25, 0.3) is 10.2 Å². The van der Waals surface area contributed by atoms with Gasteiger partial charge >= 0.3 is 0 Å². The van der Waals surface area contributed by atoms with Crippen LogP contribution >= 0.6 is 27.3 Å². The van der Waals surface area contributed by atoms with Crippen LogP contribution in [-0.4, -0.2) is 19.9 Å². The van der Waals surface area contributed by atoms with Gasteiger partial charge in [0.1, 0.15) is 0 Å². The zero-order valence-corrected chi connectivity index (χ0v) is 17.9. The molecule has 0 radical (unpaired) electrons. The van der Waals surface area contributed by atoms with E-state index >= 15 is 0 Å². The predicted molar refractivity (Wildman–Crippen MR) is 113 cm³/mol. The van der Waals surface area contributed by atoms with Crippen LogP contribution in [0, 0.1) is 5.92 Å². The molecule has 2 aromatic carbocycles. The molecular formula is C19H21BrN2O2S2. The molecule has 0 fully saturated rings. The molecule has 3 aromatic rings. The van der Waals surface area contributed by atoms with Gasteiger partial charge in [-0.2, -0.15) is 0 Å². The maximum atomic E-state index is 13.3. The van der Waals surface area contributed by atoms with E-state index < -0.39 is 10.0 Å². The molecule has 0 amide bonds. The smallest absolute Gasteiger partial charge is 0.241 e. The molecule has 26 heavy (non-hydrogen) atoms. The summed E-state index contributed by atoms with van der Waals surface area (Å²) < 4.78 is 29.1. The van der Waals surface area contributed by atoms with Crippen molar-refractivity contribution in [3.8, 4) is 0 Å². The molecule has 0 aliphatic heterocycles. The highest BCUT2D eigenvalue weighted by molar-refractivity contribution is 9.08. The van der Waals surface area contributed by atoms with E-state index in [-0.39, 0.29) is 0 Å². The monoisotopic (exact) mass is 452 g/mol. The van der Waals surface area contributed by atoms with Gasteiger partial charge in [-0.05, 0) is 42.2 Å². The van der Waals surface area contributed by atoms with E-state index in [2.05, 4.69) is 34.8 Å². The number of hydrogen-bond donors (Lipinski definition) is 0. The number of para-hydroxylation sites is 1. The van der Waals surface area contributed by atoms with Crippen molar-refractivity contribution in [2.45, 2.75) is 30.5 Å². The van der Waals surface area contributed by atoms with Crippen molar-refractivity contribution in [1.29, 1.82) is 0 Å². The number of nitrogens with zero attached hydrogens (tertiary/aromatic N) is 2. The fourth-order valence-electron chi connectivity index (χ4n) is 2.54. The first kappa shape index (κ1) is 19.3. The minimum absolute atomic E-state index is 0.296. The Balaban J connectivity index is 2.03. The molecule has 0 aliphatic rings. The van der Waals surface area contributed by atoms with Crippen LogP contribution in [0.4, 0.5) is 5.13 Å². The Morgan fingerprint density at radius 1 is 1.12 bits per heavy atom. The van der Waals surface area contributed by atoms with Gasteiger partial charge in [-0.25, -0.2) is 17.7 Å². The van der Waals surface area contributed by atoms with Gasteiger partial charge in [-0.3, -0.25) is 0 Å². The molecule has 138 valence electrons. The van der Waals surface area contributed by atoms with Gasteiger partial charge in [-0.1, -0.05) is 65.4 Å². The standard InChI is InChI=1S/C19H21BrN2O2S2/c1-14(2)11-12-22(19-21-17-5-3-4-6-18(17)25-19)26(23,24)16-9-7-15(13-20)8-10-16/h3-10,14H,11-13H2,1-2H3. The van der Waals surface area contributed by atoms with Crippen molar-refractivity contribution in [1.82, 2.24) is 4.98 Å². The molecule has 0 spiro atoms. The summed E-state index contributed by atoms with van der Waals surface area (Å²) in [5, 5.41) is 1.22. The highest BCUT2D eigenvalue weighted by Gasteiger charge is 2.27. The maximum absolute atomic E-state index is 13.3. The lowest BCUT2D eigenvalue weighted by molar-refractivity contribution is 0.568. The number of fused-ring (bicyclic) bond motifs is 1. The third kappa shape index (κ3) is 4.10. The van der Waals surface area contributed by atoms with E-state index in [1.54, 1.807) is 12.1 Å². The fourth-order valence-corrected chi connectivity index (χ4v) is 5.54. The van der Waals surface area contributed by atoms with Crippen molar-refractivity contribution in [3.63, 3.8) is 0 Å². The Bertz CT molecular complexity index is 949. The second kappa shape index (κ2) is 8.06. The quantitative estimate of drug-likeness (QED) is 0.448. The summed E-state index contributed by atoms with van der Waals surface area (Å²) in [6.07, 6.45) is 0.772. The number of rotatable bonds is 7. The number of benzene rings is 2. The SMILES string of the molecule is CC(C)CCN(c1nc2ccccc2s1)S(=O)(=O)c1ccc(CBr)cc1. The highest BCUT2D eigenvalue weighted by atomic mass is 79.9. The largest absolute Gasteiger partial charge is 0.266 e. The predicted octanol–water partition coefficient (Wildman–Crippen LogP) is 5.43. The van der Waals surface area contributed by atoms with Crippen LogP contribution in [0.15, 0.2) is 53.4 Å². The molecule has 0 N–H and O–H groups in total. The normalized spacial score (nSPS) is 12.0. The van der Waals surface area contributed by atoms with Crippen molar-refractivity contribution >= 4 is 52.6 Å². The molecule has 0 saturated heterocycles. The summed E-state index contributed by atoms with van der Waals surface area (Å²) >= 11 is 4.80. The summed E-state index contributed by atoms with van der Waals surface area (Å²) in [5.74, 6) is 0.401. The van der Waals surface area contributed by atoms with E-state index in [0.29, 0.717) is 27.8 Å². The molecule has 4 nitrogen and oxygen atoms in total. The Labute approximate surface area is 167 Å². The van der Waals surface area contributed by atoms with Crippen LogP contribution in [-0.2, 0) is 15.4 Å². The summed E-state index contributed by atoms with van der Waals surface area (Å²) in [5.41, 5.74) is 1.87. The fraction of sp³-hybridized carbons (Fsp3) is 0.316. The first-order valence-corrected chi connectivity index (χ1v) is 11.8. The average Bonchev–Trinajstić information content (AvgIpc) is 3.05. The van der Waals surface area contributed by atoms with Crippen LogP contribution in [0.2, 0.25) is 0 Å². The van der Waals surface area contributed by atoms with Crippen LogP contribution in [0.5, 0.6) is 0 Å². The van der Waals surface area contributed by atoms with E-state index in [1.807, 2.05) is 36.4 Å². The molecule has 0 atom stereocenters. The molecule has 0 aliphatic carbocycles. The van der Waals surface area contributed by atoms with Gasteiger partial charge in [0.2, 0.25) is 5.13 Å². The first-order chi connectivity index (χ1) is 12.4. The number of anilines is 1. The number of thiazole rings is 1. The number of hydrogen-bond acceptors (Lipinski definition) is 4. The number of aromatic nitrogens is 1. The van der Waals surface area contributed by atoms with Crippen LogP contribution in [0.3, 0.4) is 0 Å². The molecule has 0 saturated carbocycles. The highest BCUT2D eigenvalue weighted by Crippen LogP contribution is 2.32. The Morgan fingerprint density at radius 3 is 2.42 bits per heavy atom. The number of alkyl halides is 1. The van der Waals surface area contributed by atoms with Crippen molar-refractivity contribution in [2.75, 3.05) is 10.8 Å². The molecule has 7 heteroatoms. The number of halogens is 1. The van der Waals surface area contributed by atoms with Gasteiger partial charge in [0, 0.05) is 11.9 Å². The van der Waals surface area contributed by atoms with Gasteiger partial charge in [0.15, 0.2) is 0 Å². The zero-order valence-electron chi connectivity index (χ0n) is 14.7. The van der Waals surface area contributed by atoms with Crippen molar-refractivity contribution in [2.24, 2.45) is 5.92 Å². The Kier molecular flexibility index (Phi) is 5.99. The Hall–Kier alpha value is -1.44. The van der Waals surface area contributed by atoms with Gasteiger partial charge in [0.05, 0.1) is 15.1 Å². The van der Waals surface area contributed by atoms with Gasteiger partial charge in [-0.15, -0.1) is 0 Å². The summed E-state index contributed by atoms with van der Waals surface area (Å²) in [7, 11) is -3.66. The lowest BCUT2D eigenvalue weighted by Gasteiger charge is -2.22. The lowest BCUT2D eigenvalue weighted by Crippen LogP contribution is -2.32. The zero-order chi connectivity index (χ0) is 18.7. The third-order valence-electron chi connectivity index (χ3n) is 4.07. The van der Waals surface area contributed by atoms with E-state index in [9.17, 15) is 8.42 Å². The first-order valence-electron chi connectivity index (χ1n) is 8.45. The second-order valence-corrected chi connectivity index (χ2v) is 9.93. The van der Waals surface area contributed by atoms with Crippen LogP contribution < -0.4 is 4.31 Å². The van der Waals surface area contributed by atoms with Gasteiger partial charge in [0.25, 0.3) is 10.0 Å². The molecule has 1 heterocycles. The lowest BCUT2D eigenvalue weighted by atomic mass is 10.1. The minimum Gasteiger partial charge on any atom is -0.241 e. The second-order valence-electron chi connectivity index (χ2n) is 6.50. The van der Waals surface area contributed by atoms with E-state index in [4.69, 9.17) is 0 Å². The van der Waals surface area contributed by atoms with Crippen molar-refractivity contribution in [3.05, 3.63) is 54.1 Å². The van der Waals surface area contributed by atoms with Gasteiger partial charge < -0.3 is 0 Å². The minimum atomic E-state index is -3.66. The van der Waals surface area contributed by atoms with E-state index in [1.165, 1.54) is 15.6 Å². The number of sulfonamides is 1. The van der Waals surface area contributed by atoms with E-state index in [0.717, 1.165) is 22.2 Å². The topological polar surface area (TPSA) is 50.3 Å². The molecule has 3 rings (SSSR count). The Morgan fingerprint density at radius 2 is 1.81 bits per heavy atom. The molecule has 1 aromatic heterocycles. The molecular weight excluding hydrogens is 432 g/mol. The molecule has 0 unspecified atom stereocenters. The van der Waals surface area contributed by atoms with Crippen molar-refractivity contribution < 1.29 is 8.42 Å². The molecule has 0 bridgehead atoms. The summed E-state index contributed by atoms with van der Waals surface area (Å²) in [4.78, 5) is 4.87. The average molecular weight is 453 g/mol. The van der Waals surface area contributed by atoms with Crippen LogP contribution in [0.1, 0.15) is 25.8 Å². The summed E-state index contributed by atoms with van der Waals surface area (Å²) in [6.45, 7) is 4.60.